The van der Waals surface area contributed by atoms with E-state index in [1.54, 1.807) is 51.4 Å². The van der Waals surface area contributed by atoms with E-state index in [-0.39, 0.29) is 115 Å². The van der Waals surface area contributed by atoms with E-state index in [2.05, 4.69) is 0 Å². The fraction of sp³-hybridized carbons (Fsp3) is 0.154. The molecule has 0 saturated heterocycles. The number of sulfonamides is 4. The van der Waals surface area contributed by atoms with E-state index < -0.39 is 59.8 Å². The van der Waals surface area contributed by atoms with Crippen LogP contribution in [0.3, 0.4) is 0 Å². The van der Waals surface area contributed by atoms with Crippen LogP contribution in [-0.4, -0.2) is 76.7 Å². The number of benzene rings is 4. The Balaban J connectivity index is 1.09. The van der Waals surface area contributed by atoms with E-state index in [0.717, 1.165) is 17.2 Å². The smallest absolute Gasteiger partial charge is 0.243 e. The van der Waals surface area contributed by atoms with Gasteiger partial charge in [0.2, 0.25) is 59.8 Å². The second-order valence-electron chi connectivity index (χ2n) is 17.2. The van der Waals surface area contributed by atoms with Crippen LogP contribution in [-0.2, 0) is 59.8 Å². The maximum atomic E-state index is 14.2. The summed E-state index contributed by atoms with van der Waals surface area (Å²) in [5, 5.41) is -0.0706. The fourth-order valence-electron chi connectivity index (χ4n) is 8.63. The van der Waals surface area contributed by atoms with Crippen molar-refractivity contribution in [1.82, 2.24) is 0 Å². The molecule has 4 aliphatic carbocycles. The molecule has 0 N–H and O–H groups in total. The van der Waals surface area contributed by atoms with Gasteiger partial charge in [-0.25, -0.2) is 50.5 Å². The average Bonchev–Trinajstić information content (AvgIpc) is 4.25. The predicted octanol–water partition coefficient (Wildman–Crippen LogP) is 6.62. The van der Waals surface area contributed by atoms with Gasteiger partial charge in [0.25, 0.3) is 0 Å². The zero-order chi connectivity index (χ0) is 52.5. The van der Waals surface area contributed by atoms with Gasteiger partial charge in [-0.15, -0.1) is 0 Å². The van der Waals surface area contributed by atoms with Gasteiger partial charge in [-0.1, -0.05) is 0 Å². The van der Waals surface area contributed by atoms with Gasteiger partial charge in [-0.3, -0.25) is 17.2 Å². The molecule has 7 heterocycles. The van der Waals surface area contributed by atoms with E-state index >= 15 is 0 Å². The van der Waals surface area contributed by atoms with Crippen molar-refractivity contribution in [2.75, 3.05) is 43.4 Å². The van der Waals surface area contributed by atoms with Crippen LogP contribution < -0.4 is 17.2 Å². The maximum absolute atomic E-state index is 14.2. The van der Waals surface area contributed by atoms with Gasteiger partial charge in [-0.2, -0.15) is 0 Å². The summed E-state index contributed by atoms with van der Waals surface area (Å²) in [4.78, 5) is -0.709. The third kappa shape index (κ3) is 11.0. The predicted molar refractivity (Wildman–Crippen MR) is 282 cm³/mol. The van der Waals surface area contributed by atoms with E-state index in [1.165, 1.54) is 148 Å². The van der Waals surface area contributed by atoms with Crippen molar-refractivity contribution in [2.24, 2.45) is 0 Å². The van der Waals surface area contributed by atoms with E-state index in [1.807, 2.05) is 0 Å². The minimum Gasteiger partial charge on any atom is -0.270 e. The van der Waals surface area contributed by atoms with Crippen molar-refractivity contribution in [1.29, 1.82) is 0 Å². The normalized spacial score (nSPS) is 21.8. The Hall–Kier alpha value is -4.22. The van der Waals surface area contributed by atoms with Crippen LogP contribution in [0.2, 0.25) is 0 Å². The third-order valence-corrected chi connectivity index (χ3v) is 23.5. The molecule has 4 aromatic carbocycles. The summed E-state index contributed by atoms with van der Waals surface area (Å²) in [5.74, 6) is 0. The molecule has 15 rings (SSSR count). The van der Waals surface area contributed by atoms with Crippen molar-refractivity contribution >= 4 is 82.5 Å². The standard InChI is InChI=1S/C52H48N4O12S6/c57-69(58)45-29-21-41(22-30-45)53(71(61,62)49-13-1-2-14-49)37-9-10-38-54(72(63,64)50-15-3-4-16-50)42-23-33-47(34-24-42)70(59,60)48-35-27-44(28-36-48)56(74(67,68)52-19-7-8-20-52)40-12-11-39-55(43-25-31-46(69)32-26-43)73(65,66)51-17-5-6-18-51/h1-8,13-36H,9-12,37-40H2. The first-order chi connectivity index (χ1) is 35.2. The van der Waals surface area contributed by atoms with Crippen molar-refractivity contribution in [3.8, 4) is 0 Å². The van der Waals surface area contributed by atoms with E-state index in [9.17, 15) is 50.5 Å². The Bertz CT molecular complexity index is 2860. The van der Waals surface area contributed by atoms with Crippen LogP contribution in [0.1, 0.15) is 25.7 Å². The molecule has 0 unspecified atom stereocenters. The molecule has 22 heteroatoms. The van der Waals surface area contributed by atoms with Crippen LogP contribution in [0.15, 0.2) is 117 Å². The molecule has 8 bridgehead atoms. The van der Waals surface area contributed by atoms with Gasteiger partial charge in [0.05, 0.1) is 42.3 Å². The molecule has 0 aromatic heterocycles. The minimum atomic E-state index is -4.26. The molecular formula is C52H48N4O12S6. The monoisotopic (exact) mass is 1110 g/mol. The number of hydrogen-bond acceptors (Lipinski definition) is 12. The van der Waals surface area contributed by atoms with E-state index in [0.29, 0.717) is 0 Å². The lowest BCUT2D eigenvalue weighted by atomic mass is 10.2. The lowest BCUT2D eigenvalue weighted by Gasteiger charge is -2.29. The molecular weight excluding hydrogens is 1060 g/mol. The molecule has 384 valence electrons. The summed E-state index contributed by atoms with van der Waals surface area (Å²) >= 11 is 0. The molecule has 11 aliphatic rings. The molecule has 0 atom stereocenters. The molecule has 0 amide bonds. The number of rotatable bonds is 8. The van der Waals surface area contributed by atoms with Crippen molar-refractivity contribution in [2.45, 2.75) is 45.3 Å². The van der Waals surface area contributed by atoms with Gasteiger partial charge in [0.15, 0.2) is 0 Å². The van der Waals surface area contributed by atoms with Gasteiger partial charge < -0.3 is 0 Å². The van der Waals surface area contributed by atoms with Gasteiger partial charge in [-0.05, 0) is 225 Å². The first-order valence-corrected chi connectivity index (χ1v) is 31.8. The highest BCUT2D eigenvalue weighted by Gasteiger charge is 2.40. The summed E-state index contributed by atoms with van der Waals surface area (Å²) in [6, 6.07) is 21.0. The Morgan fingerprint density at radius 3 is 0.595 bits per heavy atom. The van der Waals surface area contributed by atoms with Gasteiger partial charge >= 0.3 is 0 Å². The van der Waals surface area contributed by atoms with Crippen LogP contribution in [0.4, 0.5) is 22.7 Å². The van der Waals surface area contributed by atoms with Gasteiger partial charge in [0.1, 0.15) is 21.0 Å². The van der Waals surface area contributed by atoms with Crippen molar-refractivity contribution < 1.29 is 50.5 Å². The molecule has 7 aliphatic heterocycles. The van der Waals surface area contributed by atoms with Gasteiger partial charge in [0, 0.05) is 26.2 Å². The average molecular weight is 1110 g/mol. The number of nitrogens with zero attached hydrogens (tertiary/aromatic N) is 4. The molecule has 4 aromatic rings. The Morgan fingerprint density at radius 2 is 0.432 bits per heavy atom. The summed E-state index contributed by atoms with van der Waals surface area (Å²) < 4.78 is 174. The van der Waals surface area contributed by atoms with Crippen LogP contribution in [0, 0.1) is 124 Å². The Kier molecular flexibility index (Phi) is 16.2. The maximum Gasteiger partial charge on any atom is 0.243 e. The van der Waals surface area contributed by atoms with Crippen LogP contribution >= 0.6 is 0 Å². The first-order valence-electron chi connectivity index (χ1n) is 23.1. The highest BCUT2D eigenvalue weighted by Crippen LogP contribution is 2.40. The second kappa shape index (κ2) is 22.0. The zero-order valence-corrected chi connectivity index (χ0v) is 44.2. The minimum absolute atomic E-state index is 0.0176. The second-order valence-corrected chi connectivity index (χ2v) is 28.5. The van der Waals surface area contributed by atoms with Crippen molar-refractivity contribution in [3.63, 3.8) is 0 Å². The lowest BCUT2D eigenvalue weighted by molar-refractivity contribution is 0.584. The highest BCUT2D eigenvalue weighted by atomic mass is 32.2. The summed E-state index contributed by atoms with van der Waals surface area (Å²) in [6.07, 6.45) is 24.4. The first kappa shape index (κ1) is 54.6. The molecule has 20 radical (unpaired) electrons. The number of hydrogen-bond donors (Lipinski definition) is 0. The highest BCUT2D eigenvalue weighted by molar-refractivity contribution is 7.97. The van der Waals surface area contributed by atoms with Crippen LogP contribution in [0.5, 0.6) is 0 Å². The topological polar surface area (TPSA) is 218 Å². The quantitative estimate of drug-likeness (QED) is 0.182. The zero-order valence-electron chi connectivity index (χ0n) is 39.3. The SMILES string of the molecule is O=S1(=O)c2ccc(cc2)N(S(=O)(=O)[C]2[CH][CH][CH][CH]2)CCCCN(S(=O)(=O)[C]2[CH][CH][CH][CH]2)c2ccc(cc2)S(=O)(=O)c2ccc(cc2)N(S(=O)(=O)[C]2[CH][CH][CH][CH]2)CCCCN(S(=O)(=O)[C]2[CH][CH][CH][CH]2)c2ccc1cc2. The molecule has 0 spiro atoms. The lowest BCUT2D eigenvalue weighted by Crippen LogP contribution is -2.37. The largest absolute Gasteiger partial charge is 0.270 e. The molecule has 4 saturated carbocycles. The number of sulfone groups is 2. The van der Waals surface area contributed by atoms with Crippen LogP contribution in [0.25, 0.3) is 0 Å². The van der Waals surface area contributed by atoms with Crippen molar-refractivity contribution in [3.05, 3.63) is 221 Å². The summed E-state index contributed by atoms with van der Waals surface area (Å²) in [6.45, 7) is -0.601. The molecule has 16 nitrogen and oxygen atoms in total. The molecule has 74 heavy (non-hydrogen) atoms. The fourth-order valence-corrected chi connectivity index (χ4v) is 17.3. The molecule has 4 fully saturated rings. The van der Waals surface area contributed by atoms with E-state index in [4.69, 9.17) is 0 Å². The Labute approximate surface area is 439 Å². The number of anilines is 4. The Morgan fingerprint density at radius 1 is 0.270 bits per heavy atom. The summed E-state index contributed by atoms with van der Waals surface area (Å²) in [5.41, 5.74) is 0.529. The summed E-state index contributed by atoms with van der Waals surface area (Å²) in [7, 11) is -25.4. The third-order valence-electron chi connectivity index (χ3n) is 12.6.